The van der Waals surface area contributed by atoms with Gasteiger partial charge in [-0.3, -0.25) is 0 Å². The molecule has 7 nitrogen and oxygen atoms in total. The number of carbonyl (C=O) groups excluding carboxylic acids is 1. The van der Waals surface area contributed by atoms with E-state index in [0.29, 0.717) is 31.4 Å². The Morgan fingerprint density at radius 1 is 1.23 bits per heavy atom. The van der Waals surface area contributed by atoms with Crippen LogP contribution in [0.15, 0.2) is 6.07 Å². The Labute approximate surface area is 184 Å². The Morgan fingerprint density at radius 3 is 2.65 bits per heavy atom. The van der Waals surface area contributed by atoms with Gasteiger partial charge in [0.1, 0.15) is 16.9 Å². The van der Waals surface area contributed by atoms with Gasteiger partial charge in [0.25, 0.3) is 0 Å². The summed E-state index contributed by atoms with van der Waals surface area (Å²) in [7, 11) is 1.31. The van der Waals surface area contributed by atoms with Crippen LogP contribution in [0.2, 0.25) is 5.28 Å². The summed E-state index contributed by atoms with van der Waals surface area (Å²) < 4.78 is 39.7. The van der Waals surface area contributed by atoms with Crippen LogP contribution in [0.4, 0.5) is 19.4 Å². The lowest BCUT2D eigenvalue weighted by molar-refractivity contribution is 0.0221. The molecule has 1 amide bonds. The highest BCUT2D eigenvalue weighted by Crippen LogP contribution is 2.39. The minimum atomic E-state index is -0.842. The normalized spacial score (nSPS) is 21.4. The number of carbonyl (C=O) groups is 1. The van der Waals surface area contributed by atoms with Crippen LogP contribution in [0.1, 0.15) is 33.6 Å². The summed E-state index contributed by atoms with van der Waals surface area (Å²) in [5.41, 5.74) is -0.700. The van der Waals surface area contributed by atoms with Crippen LogP contribution in [0.5, 0.6) is 5.75 Å². The number of aromatic nitrogens is 2. The van der Waals surface area contributed by atoms with E-state index in [1.165, 1.54) is 7.11 Å². The standard InChI is InChI=1S/C21H25ClF2N4O3/c1-21(2,3)31-20(29)28-9-11-5-6-27(10-12(28)7-11)18-15-16(25-19(22)26-18)13(23)8-14(24)17(15)30-4/h8,11-12H,5-7,9-10H2,1-4H3. The van der Waals surface area contributed by atoms with Gasteiger partial charge in [0.15, 0.2) is 17.4 Å². The summed E-state index contributed by atoms with van der Waals surface area (Å²) in [6.45, 7) is 7.15. The first kappa shape index (κ1) is 21.8. The highest BCUT2D eigenvalue weighted by Gasteiger charge is 2.41. The summed E-state index contributed by atoms with van der Waals surface area (Å²) in [6, 6.07) is 0.610. The van der Waals surface area contributed by atoms with Gasteiger partial charge in [0, 0.05) is 25.7 Å². The van der Waals surface area contributed by atoms with Gasteiger partial charge in [-0.15, -0.1) is 0 Å². The lowest BCUT2D eigenvalue weighted by Crippen LogP contribution is -2.46. The van der Waals surface area contributed by atoms with E-state index in [4.69, 9.17) is 21.1 Å². The van der Waals surface area contributed by atoms with Gasteiger partial charge in [0.05, 0.1) is 18.5 Å². The Morgan fingerprint density at radius 2 is 1.97 bits per heavy atom. The average Bonchev–Trinajstić information content (AvgIpc) is 2.94. The van der Waals surface area contributed by atoms with Crippen molar-refractivity contribution in [3.05, 3.63) is 23.0 Å². The highest BCUT2D eigenvalue weighted by atomic mass is 35.5. The molecule has 2 aliphatic heterocycles. The van der Waals surface area contributed by atoms with Crippen molar-refractivity contribution < 1.29 is 23.0 Å². The fourth-order valence-corrected chi connectivity index (χ4v) is 4.58. The van der Waals surface area contributed by atoms with E-state index in [2.05, 4.69) is 9.97 Å². The van der Waals surface area contributed by atoms with E-state index in [9.17, 15) is 13.6 Å². The molecule has 3 heterocycles. The molecule has 2 saturated heterocycles. The Bertz CT molecular complexity index is 1030. The number of methoxy groups -OCH3 is 1. The molecule has 168 valence electrons. The summed E-state index contributed by atoms with van der Waals surface area (Å²) in [4.78, 5) is 24.6. The van der Waals surface area contributed by atoms with Crippen LogP contribution >= 0.6 is 11.6 Å². The molecule has 2 atom stereocenters. The topological polar surface area (TPSA) is 67.8 Å². The maximum Gasteiger partial charge on any atom is 0.410 e. The summed E-state index contributed by atoms with van der Waals surface area (Å²) in [5, 5.41) is -0.0144. The predicted molar refractivity (Wildman–Crippen MR) is 113 cm³/mol. The first-order valence-electron chi connectivity index (χ1n) is 10.2. The van der Waals surface area contributed by atoms with Gasteiger partial charge >= 0.3 is 6.09 Å². The van der Waals surface area contributed by atoms with E-state index in [1.54, 1.807) is 4.90 Å². The summed E-state index contributed by atoms with van der Waals surface area (Å²) in [6.07, 6.45) is 1.26. The van der Waals surface area contributed by atoms with E-state index in [0.717, 1.165) is 18.9 Å². The van der Waals surface area contributed by atoms with Crippen molar-refractivity contribution in [1.82, 2.24) is 14.9 Å². The second-order valence-corrected chi connectivity index (χ2v) is 9.37. The highest BCUT2D eigenvalue weighted by molar-refractivity contribution is 6.29. The molecule has 1 aromatic carbocycles. The monoisotopic (exact) mass is 454 g/mol. The minimum Gasteiger partial charge on any atom is -0.493 e. The molecule has 0 N–H and O–H groups in total. The van der Waals surface area contributed by atoms with Crippen LogP contribution in [0.3, 0.4) is 0 Å². The third kappa shape index (κ3) is 4.20. The van der Waals surface area contributed by atoms with Gasteiger partial charge in [-0.2, -0.15) is 4.98 Å². The fraction of sp³-hybridized carbons (Fsp3) is 0.571. The predicted octanol–water partition coefficient (Wildman–Crippen LogP) is 4.41. The number of hydrogen-bond donors (Lipinski definition) is 0. The SMILES string of the molecule is COc1c(F)cc(F)c2nc(Cl)nc(N3CCC4CC(C3)N(C(=O)OC(C)(C)C)C4)c12. The molecular formula is C21H25ClF2N4O3. The van der Waals surface area contributed by atoms with Crippen molar-refractivity contribution in [2.45, 2.75) is 45.3 Å². The molecule has 2 unspecified atom stereocenters. The average molecular weight is 455 g/mol. The second kappa shape index (κ2) is 7.93. The van der Waals surface area contributed by atoms with Crippen molar-refractivity contribution >= 4 is 34.4 Å². The molecule has 2 fully saturated rings. The van der Waals surface area contributed by atoms with Gasteiger partial charge in [-0.05, 0) is 51.1 Å². The van der Waals surface area contributed by atoms with Crippen molar-refractivity contribution in [3.8, 4) is 5.75 Å². The third-order valence-electron chi connectivity index (χ3n) is 5.66. The smallest absolute Gasteiger partial charge is 0.410 e. The van der Waals surface area contributed by atoms with Gasteiger partial charge in [0.2, 0.25) is 5.28 Å². The number of halogens is 3. The van der Waals surface area contributed by atoms with Gasteiger partial charge < -0.3 is 19.3 Å². The largest absolute Gasteiger partial charge is 0.493 e. The van der Waals surface area contributed by atoms with Crippen LogP contribution in [0.25, 0.3) is 10.9 Å². The molecule has 2 aromatic rings. The Kier molecular flexibility index (Phi) is 5.57. The lowest BCUT2D eigenvalue weighted by Gasteiger charge is -2.34. The number of benzene rings is 1. The molecule has 1 aromatic heterocycles. The number of likely N-dealkylation sites (tertiary alicyclic amines) is 1. The van der Waals surface area contributed by atoms with Crippen LogP contribution in [-0.2, 0) is 4.74 Å². The van der Waals surface area contributed by atoms with Crippen molar-refractivity contribution in [2.75, 3.05) is 31.6 Å². The Balaban J connectivity index is 1.73. The first-order chi connectivity index (χ1) is 14.6. The lowest BCUT2D eigenvalue weighted by atomic mass is 10.0. The maximum atomic E-state index is 14.5. The summed E-state index contributed by atoms with van der Waals surface area (Å²) >= 11 is 6.09. The zero-order valence-corrected chi connectivity index (χ0v) is 18.7. The van der Waals surface area contributed by atoms with Crippen LogP contribution < -0.4 is 9.64 Å². The first-order valence-corrected chi connectivity index (χ1v) is 10.6. The molecule has 0 saturated carbocycles. The molecule has 4 rings (SSSR count). The quantitative estimate of drug-likeness (QED) is 0.626. The second-order valence-electron chi connectivity index (χ2n) is 9.04. The number of nitrogens with zero attached hydrogens (tertiary/aromatic N) is 4. The van der Waals surface area contributed by atoms with E-state index < -0.39 is 17.2 Å². The molecule has 10 heteroatoms. The number of ether oxygens (including phenoxy) is 2. The van der Waals surface area contributed by atoms with E-state index in [1.807, 2.05) is 25.7 Å². The number of hydrogen-bond acceptors (Lipinski definition) is 6. The zero-order chi connectivity index (χ0) is 22.5. The van der Waals surface area contributed by atoms with E-state index in [-0.39, 0.29) is 34.1 Å². The molecule has 2 aliphatic rings. The van der Waals surface area contributed by atoms with Gasteiger partial charge in [-0.25, -0.2) is 18.6 Å². The molecule has 0 aliphatic carbocycles. The maximum absolute atomic E-state index is 14.5. The Hall–Kier alpha value is -2.42. The molecule has 0 radical (unpaired) electrons. The molecule has 0 spiro atoms. The molecular weight excluding hydrogens is 430 g/mol. The number of fused-ring (bicyclic) bond motifs is 3. The van der Waals surface area contributed by atoms with E-state index >= 15 is 0 Å². The van der Waals surface area contributed by atoms with Crippen LogP contribution in [-0.4, -0.2) is 59.3 Å². The molecule has 2 bridgehead atoms. The van der Waals surface area contributed by atoms with Crippen LogP contribution in [0, 0.1) is 17.6 Å². The van der Waals surface area contributed by atoms with Crippen molar-refractivity contribution in [2.24, 2.45) is 5.92 Å². The van der Waals surface area contributed by atoms with Gasteiger partial charge in [-0.1, -0.05) is 0 Å². The summed E-state index contributed by atoms with van der Waals surface area (Å²) in [5.74, 6) is -1.22. The number of anilines is 1. The molecule has 31 heavy (non-hydrogen) atoms. The zero-order valence-electron chi connectivity index (χ0n) is 17.9. The fourth-order valence-electron chi connectivity index (χ4n) is 4.41. The third-order valence-corrected chi connectivity index (χ3v) is 5.83. The minimum absolute atomic E-state index is 0.105. The number of amides is 1. The van der Waals surface area contributed by atoms with Crippen molar-refractivity contribution in [3.63, 3.8) is 0 Å². The van der Waals surface area contributed by atoms with Crippen molar-refractivity contribution in [1.29, 1.82) is 0 Å². The number of rotatable bonds is 2.